The van der Waals surface area contributed by atoms with Gasteiger partial charge in [0.1, 0.15) is 12.1 Å². The number of nitrogens with one attached hydrogen (secondary N) is 2. The molecule has 2 N–H and O–H groups in total. The van der Waals surface area contributed by atoms with Crippen molar-refractivity contribution in [1.82, 2.24) is 25.3 Å². The maximum absolute atomic E-state index is 12.3. The number of para-hydroxylation sites is 1. The minimum absolute atomic E-state index is 0.104. The van der Waals surface area contributed by atoms with E-state index in [4.69, 9.17) is 0 Å². The third-order valence-corrected chi connectivity index (χ3v) is 6.09. The van der Waals surface area contributed by atoms with Crippen LogP contribution in [0, 0.1) is 5.92 Å². The first-order valence-corrected chi connectivity index (χ1v) is 12.1. The van der Waals surface area contributed by atoms with Gasteiger partial charge in [0.2, 0.25) is 0 Å². The van der Waals surface area contributed by atoms with E-state index in [2.05, 4.69) is 69.5 Å². The van der Waals surface area contributed by atoms with E-state index in [1.54, 1.807) is 25.6 Å². The van der Waals surface area contributed by atoms with Crippen molar-refractivity contribution in [1.29, 1.82) is 0 Å². The molecule has 4 rings (SSSR count). The van der Waals surface area contributed by atoms with Crippen LogP contribution in [-0.4, -0.2) is 39.4 Å². The van der Waals surface area contributed by atoms with Crippen LogP contribution in [-0.2, 0) is 6.42 Å². The standard InChI is InChI=1S/C28H32N6O/c1-18(2)14-21-9-8-20(16-32-21)25-15-26(34-17-33-25)30-12-10-19(3)22-6-5-7-23-24(28(35)29-4)11-13-31-27(22)23/h5-9,11,13,15-19H,10,12,14H2,1-4H3,(H,29,35)(H,30,33,34). The molecule has 0 saturated carbocycles. The number of carbonyl (C=O) groups is 1. The van der Waals surface area contributed by atoms with Crippen LogP contribution in [0.3, 0.4) is 0 Å². The highest BCUT2D eigenvalue weighted by atomic mass is 16.1. The number of aromatic nitrogens is 4. The molecule has 7 nitrogen and oxygen atoms in total. The molecule has 3 heterocycles. The molecular formula is C28H32N6O. The smallest absolute Gasteiger partial charge is 0.251 e. The van der Waals surface area contributed by atoms with Gasteiger partial charge in [-0.2, -0.15) is 0 Å². The number of anilines is 1. The quantitative estimate of drug-likeness (QED) is 0.348. The van der Waals surface area contributed by atoms with Crippen molar-refractivity contribution in [3.05, 3.63) is 78.0 Å². The second kappa shape index (κ2) is 11.0. The number of pyridine rings is 2. The number of hydrogen-bond donors (Lipinski definition) is 2. The van der Waals surface area contributed by atoms with Gasteiger partial charge < -0.3 is 10.6 Å². The summed E-state index contributed by atoms with van der Waals surface area (Å²) in [6, 6.07) is 13.9. The Kier molecular flexibility index (Phi) is 7.65. The van der Waals surface area contributed by atoms with Gasteiger partial charge in [-0.25, -0.2) is 9.97 Å². The van der Waals surface area contributed by atoms with Gasteiger partial charge in [0, 0.05) is 48.7 Å². The summed E-state index contributed by atoms with van der Waals surface area (Å²) >= 11 is 0. The fourth-order valence-electron chi connectivity index (χ4n) is 4.23. The minimum Gasteiger partial charge on any atom is -0.370 e. The van der Waals surface area contributed by atoms with Crippen LogP contribution in [0.4, 0.5) is 5.82 Å². The van der Waals surface area contributed by atoms with Crippen LogP contribution >= 0.6 is 0 Å². The molecular weight excluding hydrogens is 436 g/mol. The van der Waals surface area contributed by atoms with Gasteiger partial charge in [-0.3, -0.25) is 14.8 Å². The van der Waals surface area contributed by atoms with Crippen molar-refractivity contribution >= 4 is 22.6 Å². The van der Waals surface area contributed by atoms with Gasteiger partial charge in [-0.05, 0) is 48.4 Å². The second-order valence-electron chi connectivity index (χ2n) is 9.22. The Morgan fingerprint density at radius 2 is 1.86 bits per heavy atom. The largest absolute Gasteiger partial charge is 0.370 e. The first kappa shape index (κ1) is 24.3. The molecule has 0 aliphatic heterocycles. The first-order chi connectivity index (χ1) is 17.0. The van der Waals surface area contributed by atoms with E-state index >= 15 is 0 Å². The van der Waals surface area contributed by atoms with Crippen LogP contribution in [0.5, 0.6) is 0 Å². The predicted octanol–water partition coefficient (Wildman–Crippen LogP) is 5.25. The molecule has 4 aromatic rings. The van der Waals surface area contributed by atoms with E-state index < -0.39 is 0 Å². The Morgan fingerprint density at radius 1 is 1.00 bits per heavy atom. The summed E-state index contributed by atoms with van der Waals surface area (Å²) in [7, 11) is 1.64. The summed E-state index contributed by atoms with van der Waals surface area (Å²) in [5.41, 5.74) is 5.56. The number of benzene rings is 1. The molecule has 1 amide bonds. The molecule has 1 unspecified atom stereocenters. The maximum Gasteiger partial charge on any atom is 0.251 e. The minimum atomic E-state index is -0.104. The summed E-state index contributed by atoms with van der Waals surface area (Å²) in [5.74, 6) is 1.50. The zero-order valence-corrected chi connectivity index (χ0v) is 20.7. The van der Waals surface area contributed by atoms with Crippen molar-refractivity contribution in [3.8, 4) is 11.3 Å². The third-order valence-electron chi connectivity index (χ3n) is 6.09. The van der Waals surface area contributed by atoms with Crippen molar-refractivity contribution < 1.29 is 4.79 Å². The Hall–Kier alpha value is -3.87. The van der Waals surface area contributed by atoms with Crippen LogP contribution in [0.25, 0.3) is 22.2 Å². The van der Waals surface area contributed by atoms with Crippen LogP contribution < -0.4 is 10.6 Å². The average molecular weight is 469 g/mol. The SMILES string of the molecule is CNC(=O)c1ccnc2c(C(C)CCNc3cc(-c4ccc(CC(C)C)nc4)ncn3)cccc12. The summed E-state index contributed by atoms with van der Waals surface area (Å²) in [6.07, 6.45) is 7.02. The van der Waals surface area contributed by atoms with E-state index in [1.807, 2.05) is 24.4 Å². The van der Waals surface area contributed by atoms with E-state index in [0.717, 1.165) is 58.6 Å². The summed E-state index contributed by atoms with van der Waals surface area (Å²) < 4.78 is 0. The average Bonchev–Trinajstić information content (AvgIpc) is 2.87. The topological polar surface area (TPSA) is 92.7 Å². The number of amides is 1. The van der Waals surface area contributed by atoms with E-state index in [0.29, 0.717) is 11.5 Å². The fraction of sp³-hybridized carbons (Fsp3) is 0.321. The van der Waals surface area contributed by atoms with Crippen LogP contribution in [0.2, 0.25) is 0 Å². The molecule has 0 bridgehead atoms. The molecule has 0 aliphatic rings. The molecule has 35 heavy (non-hydrogen) atoms. The molecule has 180 valence electrons. The van der Waals surface area contributed by atoms with Gasteiger partial charge in [-0.15, -0.1) is 0 Å². The Labute approximate surface area is 206 Å². The Morgan fingerprint density at radius 3 is 2.60 bits per heavy atom. The van der Waals surface area contributed by atoms with Gasteiger partial charge in [0.15, 0.2) is 0 Å². The molecule has 0 spiro atoms. The lowest BCUT2D eigenvalue weighted by Gasteiger charge is -2.16. The number of fused-ring (bicyclic) bond motifs is 1. The molecule has 1 aromatic carbocycles. The first-order valence-electron chi connectivity index (χ1n) is 12.1. The lowest BCUT2D eigenvalue weighted by molar-refractivity contribution is 0.0964. The molecule has 0 saturated heterocycles. The van der Waals surface area contributed by atoms with Gasteiger partial charge in [0.05, 0.1) is 16.8 Å². The summed E-state index contributed by atoms with van der Waals surface area (Å²) in [6.45, 7) is 7.31. The van der Waals surface area contributed by atoms with Crippen molar-refractivity contribution in [3.63, 3.8) is 0 Å². The zero-order chi connectivity index (χ0) is 24.8. The maximum atomic E-state index is 12.3. The van der Waals surface area contributed by atoms with Crippen molar-refractivity contribution in [2.45, 2.75) is 39.5 Å². The Bertz CT molecular complexity index is 1300. The highest BCUT2D eigenvalue weighted by molar-refractivity contribution is 6.06. The van der Waals surface area contributed by atoms with E-state index in [1.165, 1.54) is 0 Å². The molecule has 7 heteroatoms. The predicted molar refractivity (Wildman–Crippen MR) is 140 cm³/mol. The van der Waals surface area contributed by atoms with E-state index in [-0.39, 0.29) is 11.8 Å². The third kappa shape index (κ3) is 5.80. The van der Waals surface area contributed by atoms with Gasteiger partial charge >= 0.3 is 0 Å². The molecule has 1 atom stereocenters. The lowest BCUT2D eigenvalue weighted by atomic mass is 9.94. The number of nitrogens with zero attached hydrogens (tertiary/aromatic N) is 4. The number of carbonyl (C=O) groups excluding carboxylic acids is 1. The van der Waals surface area contributed by atoms with Crippen LogP contribution in [0.15, 0.2) is 61.2 Å². The highest BCUT2D eigenvalue weighted by Gasteiger charge is 2.15. The molecule has 0 aliphatic carbocycles. The second-order valence-corrected chi connectivity index (χ2v) is 9.22. The molecule has 3 aromatic heterocycles. The zero-order valence-electron chi connectivity index (χ0n) is 20.7. The fourth-order valence-corrected chi connectivity index (χ4v) is 4.23. The summed E-state index contributed by atoms with van der Waals surface area (Å²) in [4.78, 5) is 30.2. The lowest BCUT2D eigenvalue weighted by Crippen LogP contribution is -2.18. The number of rotatable bonds is 9. The van der Waals surface area contributed by atoms with Crippen molar-refractivity contribution in [2.75, 3.05) is 18.9 Å². The van der Waals surface area contributed by atoms with Crippen LogP contribution in [0.1, 0.15) is 54.7 Å². The highest BCUT2D eigenvalue weighted by Crippen LogP contribution is 2.28. The molecule has 0 fully saturated rings. The van der Waals surface area contributed by atoms with Crippen molar-refractivity contribution in [2.24, 2.45) is 5.92 Å². The van der Waals surface area contributed by atoms with E-state index in [9.17, 15) is 4.79 Å². The van der Waals surface area contributed by atoms with Gasteiger partial charge in [-0.1, -0.05) is 39.0 Å². The monoisotopic (exact) mass is 468 g/mol. The summed E-state index contributed by atoms with van der Waals surface area (Å²) in [5, 5.41) is 7.00. The Balaban J connectivity index is 1.43. The van der Waals surface area contributed by atoms with Gasteiger partial charge in [0.25, 0.3) is 5.91 Å². The molecule has 0 radical (unpaired) electrons. The normalized spacial score (nSPS) is 12.0. The number of hydrogen-bond acceptors (Lipinski definition) is 6.